The Morgan fingerprint density at radius 3 is 2.77 bits per heavy atom. The fraction of sp³-hybridized carbons (Fsp3) is 0.222. The van der Waals surface area contributed by atoms with Crippen LogP contribution in [0.4, 0.5) is 20.2 Å². The van der Waals surface area contributed by atoms with Crippen LogP contribution in [-0.4, -0.2) is 22.9 Å². The van der Waals surface area contributed by atoms with Crippen LogP contribution in [-0.2, 0) is 9.59 Å². The summed E-state index contributed by atoms with van der Waals surface area (Å²) in [5.74, 6) is -1.94. The second kappa shape index (κ2) is 7.63. The van der Waals surface area contributed by atoms with Crippen molar-refractivity contribution in [3.05, 3.63) is 59.7 Å². The van der Waals surface area contributed by atoms with Crippen LogP contribution in [0.25, 0.3) is 0 Å². The summed E-state index contributed by atoms with van der Waals surface area (Å²) in [6.07, 6.45) is 0. The fourth-order valence-electron chi connectivity index (χ4n) is 2.64. The van der Waals surface area contributed by atoms with Gasteiger partial charge in [-0.15, -0.1) is 23.4 Å². The van der Waals surface area contributed by atoms with Crippen LogP contribution in [0.2, 0.25) is 0 Å². The van der Waals surface area contributed by atoms with E-state index in [-0.39, 0.29) is 17.3 Å². The molecule has 8 heteroatoms. The first-order chi connectivity index (χ1) is 12.4. The molecule has 1 heterocycles. The van der Waals surface area contributed by atoms with Crippen molar-refractivity contribution in [3.63, 3.8) is 0 Å². The summed E-state index contributed by atoms with van der Waals surface area (Å²) in [6.45, 7) is 1.54. The Balaban J connectivity index is 2.02. The number of carbonyl (C=O) groups is 2. The predicted molar refractivity (Wildman–Crippen MR) is 99.4 cm³/mol. The number of amides is 2. The highest BCUT2D eigenvalue weighted by Crippen LogP contribution is 2.45. The third-order valence-electron chi connectivity index (χ3n) is 3.88. The van der Waals surface area contributed by atoms with Crippen molar-refractivity contribution in [2.24, 2.45) is 0 Å². The quantitative estimate of drug-likeness (QED) is 0.783. The highest BCUT2D eigenvalue weighted by molar-refractivity contribution is 8.00. The van der Waals surface area contributed by atoms with Gasteiger partial charge < -0.3 is 5.32 Å². The number of nitrogens with zero attached hydrogens (tertiary/aromatic N) is 1. The van der Waals surface area contributed by atoms with Crippen molar-refractivity contribution < 1.29 is 18.4 Å². The molecule has 1 saturated heterocycles. The van der Waals surface area contributed by atoms with E-state index in [1.54, 1.807) is 31.2 Å². The van der Waals surface area contributed by atoms with Gasteiger partial charge in [-0.05, 0) is 25.1 Å². The first-order valence-electron chi connectivity index (χ1n) is 7.81. The van der Waals surface area contributed by atoms with Crippen LogP contribution in [0.15, 0.2) is 42.5 Å². The molecule has 3 rings (SSSR count). The molecule has 2 aromatic carbocycles. The summed E-state index contributed by atoms with van der Waals surface area (Å²) in [6, 6.07) is 9.86. The molecule has 0 radical (unpaired) electrons. The minimum Gasteiger partial charge on any atom is -0.324 e. The smallest absolute Gasteiger partial charge is 0.242 e. The third-order valence-corrected chi connectivity index (χ3v) is 5.27. The average Bonchev–Trinajstić information content (AvgIpc) is 2.98. The van der Waals surface area contributed by atoms with E-state index in [1.165, 1.54) is 16.7 Å². The van der Waals surface area contributed by atoms with E-state index in [0.29, 0.717) is 11.3 Å². The molecule has 4 nitrogen and oxygen atoms in total. The summed E-state index contributed by atoms with van der Waals surface area (Å²) >= 11 is 7.08. The summed E-state index contributed by atoms with van der Waals surface area (Å²) in [5, 5.41) is 1.38. The first kappa shape index (κ1) is 18.7. The van der Waals surface area contributed by atoms with E-state index in [0.717, 1.165) is 18.2 Å². The molecular weight excluding hydrogens is 382 g/mol. The number of hydrogen-bond donors (Lipinski definition) is 1. The zero-order valence-electron chi connectivity index (χ0n) is 13.7. The van der Waals surface area contributed by atoms with Gasteiger partial charge >= 0.3 is 0 Å². The van der Waals surface area contributed by atoms with Crippen LogP contribution < -0.4 is 10.2 Å². The fourth-order valence-corrected chi connectivity index (χ4v) is 3.90. The molecule has 0 aliphatic carbocycles. The molecule has 0 bridgehead atoms. The Morgan fingerprint density at radius 2 is 2.04 bits per heavy atom. The molecule has 2 aromatic rings. The number of halogens is 3. The topological polar surface area (TPSA) is 49.4 Å². The summed E-state index contributed by atoms with van der Waals surface area (Å²) < 4.78 is 27.9. The Hall–Kier alpha value is -2.12. The lowest BCUT2D eigenvalue weighted by Crippen LogP contribution is -2.30. The van der Waals surface area contributed by atoms with Gasteiger partial charge in [0.15, 0.2) is 0 Å². The minimum atomic E-state index is -0.738. The molecule has 0 unspecified atom stereocenters. The number of carbonyl (C=O) groups excluding carboxylic acids is 2. The lowest BCUT2D eigenvalue weighted by Gasteiger charge is -2.26. The Morgan fingerprint density at radius 1 is 1.31 bits per heavy atom. The number of rotatable bonds is 4. The maximum absolute atomic E-state index is 14.2. The molecule has 1 aliphatic heterocycles. The zero-order chi connectivity index (χ0) is 18.8. The van der Waals surface area contributed by atoms with E-state index in [2.05, 4.69) is 5.32 Å². The Bertz CT molecular complexity index is 863. The molecule has 0 aromatic heterocycles. The lowest BCUT2D eigenvalue weighted by atomic mass is 10.1. The van der Waals surface area contributed by atoms with E-state index >= 15 is 0 Å². The monoisotopic (exact) mass is 396 g/mol. The highest BCUT2D eigenvalue weighted by Gasteiger charge is 2.37. The number of hydrogen-bond acceptors (Lipinski definition) is 3. The largest absolute Gasteiger partial charge is 0.324 e. The molecule has 0 saturated carbocycles. The van der Waals surface area contributed by atoms with Gasteiger partial charge in [0, 0.05) is 17.3 Å². The van der Waals surface area contributed by atoms with E-state index in [4.69, 9.17) is 11.6 Å². The van der Waals surface area contributed by atoms with E-state index < -0.39 is 28.3 Å². The Labute approximate surface area is 158 Å². The number of nitrogens with one attached hydrogen (secondary N) is 1. The van der Waals surface area contributed by atoms with Crippen molar-refractivity contribution in [3.8, 4) is 0 Å². The number of alkyl halides is 1. The molecule has 2 atom stereocenters. The van der Waals surface area contributed by atoms with Gasteiger partial charge in [0.25, 0.3) is 0 Å². The molecule has 1 N–H and O–H groups in total. The van der Waals surface area contributed by atoms with Crippen LogP contribution in [0.3, 0.4) is 0 Å². The Kier molecular flexibility index (Phi) is 5.48. The van der Waals surface area contributed by atoms with E-state index in [1.807, 2.05) is 0 Å². The average molecular weight is 397 g/mol. The van der Waals surface area contributed by atoms with Crippen molar-refractivity contribution in [2.45, 2.75) is 17.7 Å². The molecule has 136 valence electrons. The first-order valence-corrected chi connectivity index (χ1v) is 9.29. The second-order valence-corrected chi connectivity index (χ2v) is 7.44. The van der Waals surface area contributed by atoms with Crippen LogP contribution in [0, 0.1) is 11.6 Å². The van der Waals surface area contributed by atoms with Gasteiger partial charge in [-0.25, -0.2) is 8.78 Å². The molecule has 1 fully saturated rings. The molecule has 2 amide bonds. The highest BCUT2D eigenvalue weighted by atomic mass is 35.5. The minimum absolute atomic E-state index is 0.120. The standard InChI is InChI=1S/C18H15ClF2N2O2S/c1-10(19)17(25)22-14-5-3-2-4-12(14)18-23(16(24)9-26-18)15-8-11(20)6-7-13(15)21/h2-8,10,18H,9H2,1H3,(H,22,25)/t10-,18-/m1/s1. The number of anilines is 2. The van der Waals surface area contributed by atoms with Crippen LogP contribution >= 0.6 is 23.4 Å². The zero-order valence-corrected chi connectivity index (χ0v) is 15.3. The SMILES string of the molecule is C[C@@H](Cl)C(=O)Nc1ccccc1[C@H]1SCC(=O)N1c1cc(F)ccc1F. The maximum Gasteiger partial charge on any atom is 0.242 e. The predicted octanol–water partition coefficient (Wildman–Crippen LogP) is 4.31. The summed E-state index contributed by atoms with van der Waals surface area (Å²) in [4.78, 5) is 25.5. The van der Waals surface area contributed by atoms with Crippen molar-refractivity contribution in [1.29, 1.82) is 0 Å². The van der Waals surface area contributed by atoms with E-state index in [9.17, 15) is 18.4 Å². The summed E-state index contributed by atoms with van der Waals surface area (Å²) in [7, 11) is 0. The van der Waals surface area contributed by atoms with Crippen molar-refractivity contribution in [1.82, 2.24) is 0 Å². The third kappa shape index (κ3) is 3.68. The lowest BCUT2D eigenvalue weighted by molar-refractivity contribution is -0.116. The second-order valence-electron chi connectivity index (χ2n) is 5.72. The maximum atomic E-state index is 14.2. The van der Waals surface area contributed by atoms with Crippen molar-refractivity contribution in [2.75, 3.05) is 16.0 Å². The molecule has 26 heavy (non-hydrogen) atoms. The van der Waals surface area contributed by atoms with Gasteiger partial charge in [0.2, 0.25) is 11.8 Å². The van der Waals surface area contributed by atoms with Crippen molar-refractivity contribution >= 4 is 46.6 Å². The van der Waals surface area contributed by atoms with Gasteiger partial charge in [-0.1, -0.05) is 18.2 Å². The van der Waals surface area contributed by atoms with Crippen LogP contribution in [0.5, 0.6) is 0 Å². The number of benzene rings is 2. The van der Waals surface area contributed by atoms with Gasteiger partial charge in [0.05, 0.1) is 11.4 Å². The van der Waals surface area contributed by atoms with Gasteiger partial charge in [-0.3, -0.25) is 14.5 Å². The summed E-state index contributed by atoms with van der Waals surface area (Å²) in [5.41, 5.74) is 0.952. The van der Waals surface area contributed by atoms with Gasteiger partial charge in [-0.2, -0.15) is 0 Å². The normalized spacial score (nSPS) is 18.1. The number of thioether (sulfide) groups is 1. The van der Waals surface area contributed by atoms with Gasteiger partial charge in [0.1, 0.15) is 22.4 Å². The number of para-hydroxylation sites is 1. The molecule has 0 spiro atoms. The molecule has 1 aliphatic rings. The molecular formula is C18H15ClF2N2O2S. The van der Waals surface area contributed by atoms with Crippen LogP contribution in [0.1, 0.15) is 17.9 Å².